The molecule has 0 aliphatic rings. The molecule has 2 rings (SSSR count). The number of para-hydroxylation sites is 1. The zero-order valence-corrected chi connectivity index (χ0v) is 12.0. The molecule has 0 spiro atoms. The summed E-state index contributed by atoms with van der Waals surface area (Å²) in [5.74, 6) is 0.720. The molecule has 0 amide bonds. The van der Waals surface area contributed by atoms with Gasteiger partial charge in [-0.05, 0) is 36.5 Å². The number of hydrogen-bond donors (Lipinski definition) is 0. The molecule has 1 aromatic heterocycles. The molecule has 5 heteroatoms. The highest BCUT2D eigenvalue weighted by atomic mass is 32.1. The van der Waals surface area contributed by atoms with Crippen molar-refractivity contribution in [2.24, 2.45) is 0 Å². The molecule has 4 nitrogen and oxygen atoms in total. The SMILES string of the molecule is CCOc1ccccc1C(=O)c1snnc1C(C)C. The average molecular weight is 276 g/mol. The summed E-state index contributed by atoms with van der Waals surface area (Å²) >= 11 is 1.14. The van der Waals surface area contributed by atoms with Crippen LogP contribution in [0, 0.1) is 0 Å². The molecule has 0 bridgehead atoms. The minimum absolute atomic E-state index is 0.0669. The number of hydrogen-bond acceptors (Lipinski definition) is 5. The van der Waals surface area contributed by atoms with Crippen molar-refractivity contribution in [1.82, 2.24) is 9.59 Å². The lowest BCUT2D eigenvalue weighted by molar-refractivity contribution is 0.103. The highest BCUT2D eigenvalue weighted by molar-refractivity contribution is 7.08. The Morgan fingerprint density at radius 1 is 1.37 bits per heavy atom. The molecular formula is C14H16N2O2S. The van der Waals surface area contributed by atoms with Gasteiger partial charge in [0.2, 0.25) is 5.78 Å². The van der Waals surface area contributed by atoms with Crippen LogP contribution >= 0.6 is 11.5 Å². The lowest BCUT2D eigenvalue weighted by atomic mass is 10.0. The zero-order chi connectivity index (χ0) is 13.8. The zero-order valence-electron chi connectivity index (χ0n) is 11.2. The molecule has 0 aliphatic heterocycles. The lowest BCUT2D eigenvalue weighted by Gasteiger charge is -2.09. The maximum absolute atomic E-state index is 12.6. The second-order valence-electron chi connectivity index (χ2n) is 4.40. The van der Waals surface area contributed by atoms with E-state index >= 15 is 0 Å². The van der Waals surface area contributed by atoms with Gasteiger partial charge < -0.3 is 4.74 Å². The fourth-order valence-corrected chi connectivity index (χ4v) is 2.56. The quantitative estimate of drug-likeness (QED) is 0.786. The van der Waals surface area contributed by atoms with Gasteiger partial charge >= 0.3 is 0 Å². The van der Waals surface area contributed by atoms with Gasteiger partial charge in [0, 0.05) is 0 Å². The Labute approximate surface area is 116 Å². The van der Waals surface area contributed by atoms with Crippen LogP contribution in [0.5, 0.6) is 5.75 Å². The molecule has 0 atom stereocenters. The average Bonchev–Trinajstić information content (AvgIpc) is 2.88. The van der Waals surface area contributed by atoms with E-state index in [4.69, 9.17) is 4.74 Å². The summed E-state index contributed by atoms with van der Waals surface area (Å²) in [5, 5.41) is 4.04. The predicted octanol–water partition coefficient (Wildman–Crippen LogP) is 3.29. The molecule has 0 aliphatic carbocycles. The summed E-state index contributed by atoms with van der Waals surface area (Å²) in [6.45, 7) is 6.43. The molecule has 0 saturated carbocycles. The largest absolute Gasteiger partial charge is 0.493 e. The maximum atomic E-state index is 12.6. The predicted molar refractivity (Wildman–Crippen MR) is 75.0 cm³/mol. The third-order valence-corrected chi connectivity index (χ3v) is 3.44. The van der Waals surface area contributed by atoms with Crippen LogP contribution in [0.1, 0.15) is 47.6 Å². The molecule has 0 fully saturated rings. The van der Waals surface area contributed by atoms with Crippen molar-refractivity contribution in [1.29, 1.82) is 0 Å². The highest BCUT2D eigenvalue weighted by Gasteiger charge is 2.22. The van der Waals surface area contributed by atoms with Crippen molar-refractivity contribution in [3.63, 3.8) is 0 Å². The molecule has 100 valence electrons. The van der Waals surface area contributed by atoms with Crippen LogP contribution in [-0.2, 0) is 0 Å². The van der Waals surface area contributed by atoms with Gasteiger partial charge in [0.1, 0.15) is 10.6 Å². The number of carbonyl (C=O) groups is 1. The van der Waals surface area contributed by atoms with Crippen molar-refractivity contribution < 1.29 is 9.53 Å². The van der Waals surface area contributed by atoms with Crippen LogP contribution in [0.15, 0.2) is 24.3 Å². The summed E-state index contributed by atoms with van der Waals surface area (Å²) in [6, 6.07) is 7.27. The van der Waals surface area contributed by atoms with E-state index in [0.29, 0.717) is 22.8 Å². The van der Waals surface area contributed by atoms with Gasteiger partial charge in [-0.3, -0.25) is 4.79 Å². The number of nitrogens with zero attached hydrogens (tertiary/aromatic N) is 2. The van der Waals surface area contributed by atoms with Crippen LogP contribution in [0.3, 0.4) is 0 Å². The highest BCUT2D eigenvalue weighted by Crippen LogP contribution is 2.27. The van der Waals surface area contributed by atoms with E-state index in [1.807, 2.05) is 32.9 Å². The summed E-state index contributed by atoms with van der Waals surface area (Å²) in [6.07, 6.45) is 0. The van der Waals surface area contributed by atoms with Crippen molar-refractivity contribution in [3.8, 4) is 5.75 Å². The molecule has 0 radical (unpaired) electrons. The monoisotopic (exact) mass is 276 g/mol. The van der Waals surface area contributed by atoms with Gasteiger partial charge in [-0.2, -0.15) is 0 Å². The van der Waals surface area contributed by atoms with Crippen molar-refractivity contribution in [2.45, 2.75) is 26.7 Å². The Morgan fingerprint density at radius 2 is 2.11 bits per heavy atom. The first-order valence-electron chi connectivity index (χ1n) is 6.24. The van der Waals surface area contributed by atoms with Crippen molar-refractivity contribution in [3.05, 3.63) is 40.4 Å². The van der Waals surface area contributed by atoms with Crippen LogP contribution < -0.4 is 4.74 Å². The Morgan fingerprint density at radius 3 is 2.79 bits per heavy atom. The molecule has 2 aromatic rings. The third kappa shape index (κ3) is 2.81. The first-order valence-corrected chi connectivity index (χ1v) is 7.01. The van der Waals surface area contributed by atoms with Crippen LogP contribution in [0.4, 0.5) is 0 Å². The fraction of sp³-hybridized carbons (Fsp3) is 0.357. The van der Waals surface area contributed by atoms with Crippen LogP contribution in [0.2, 0.25) is 0 Å². The standard InChI is InChI=1S/C14H16N2O2S/c1-4-18-11-8-6-5-7-10(11)13(17)14-12(9(2)3)15-16-19-14/h5-9H,4H2,1-3H3. The summed E-state index contributed by atoms with van der Waals surface area (Å²) in [7, 11) is 0. The van der Waals surface area contributed by atoms with Gasteiger partial charge in [0.25, 0.3) is 0 Å². The van der Waals surface area contributed by atoms with E-state index in [0.717, 1.165) is 17.2 Å². The maximum Gasteiger partial charge on any atom is 0.210 e. The van der Waals surface area contributed by atoms with Crippen LogP contribution in [0.25, 0.3) is 0 Å². The summed E-state index contributed by atoms with van der Waals surface area (Å²) in [4.78, 5) is 13.2. The number of benzene rings is 1. The van der Waals surface area contributed by atoms with Gasteiger partial charge in [0.05, 0.1) is 17.9 Å². The first-order chi connectivity index (χ1) is 9.15. The van der Waals surface area contributed by atoms with Crippen LogP contribution in [-0.4, -0.2) is 22.0 Å². The van der Waals surface area contributed by atoms with Gasteiger partial charge in [-0.15, -0.1) is 5.10 Å². The number of ether oxygens (including phenoxy) is 1. The Kier molecular flexibility index (Phi) is 4.27. The first kappa shape index (κ1) is 13.7. The van der Waals surface area contributed by atoms with Gasteiger partial charge in [-0.1, -0.05) is 30.5 Å². The number of carbonyl (C=O) groups excluding carboxylic acids is 1. The molecule has 1 heterocycles. The van der Waals surface area contributed by atoms with Crippen molar-refractivity contribution >= 4 is 17.3 Å². The van der Waals surface area contributed by atoms with E-state index in [1.165, 1.54) is 0 Å². The summed E-state index contributed by atoms with van der Waals surface area (Å²) in [5.41, 5.74) is 1.32. The second-order valence-corrected chi connectivity index (χ2v) is 5.15. The lowest BCUT2D eigenvalue weighted by Crippen LogP contribution is -2.07. The molecular weight excluding hydrogens is 260 g/mol. The molecule has 0 saturated heterocycles. The Bertz CT molecular complexity index is 578. The van der Waals surface area contributed by atoms with E-state index in [-0.39, 0.29) is 11.7 Å². The van der Waals surface area contributed by atoms with Gasteiger partial charge in [-0.25, -0.2) is 0 Å². The fourth-order valence-electron chi connectivity index (χ4n) is 1.79. The molecule has 0 unspecified atom stereocenters. The van der Waals surface area contributed by atoms with Crippen molar-refractivity contribution in [2.75, 3.05) is 6.61 Å². The number of rotatable bonds is 5. The van der Waals surface area contributed by atoms with Gasteiger partial charge in [0.15, 0.2) is 0 Å². The van der Waals surface area contributed by atoms with E-state index in [2.05, 4.69) is 9.59 Å². The Hall–Kier alpha value is -1.75. The normalized spacial score (nSPS) is 10.7. The van der Waals surface area contributed by atoms with E-state index < -0.39 is 0 Å². The minimum atomic E-state index is -0.0669. The number of aromatic nitrogens is 2. The topological polar surface area (TPSA) is 52.1 Å². The summed E-state index contributed by atoms with van der Waals surface area (Å²) < 4.78 is 9.40. The number of ketones is 1. The molecule has 19 heavy (non-hydrogen) atoms. The van der Waals surface area contributed by atoms with E-state index in [9.17, 15) is 4.79 Å². The van der Waals surface area contributed by atoms with E-state index in [1.54, 1.807) is 12.1 Å². The smallest absolute Gasteiger partial charge is 0.210 e. The minimum Gasteiger partial charge on any atom is -0.493 e. The molecule has 1 aromatic carbocycles. The second kappa shape index (κ2) is 5.93. The third-order valence-electron chi connectivity index (χ3n) is 2.70. The Balaban J connectivity index is 2.41. The molecule has 0 N–H and O–H groups in total.